The summed E-state index contributed by atoms with van der Waals surface area (Å²) in [6, 6.07) is 7.08. The number of benzene rings is 1. The van der Waals surface area contributed by atoms with Crippen LogP contribution < -0.4 is 9.64 Å². The van der Waals surface area contributed by atoms with E-state index in [0.29, 0.717) is 17.1 Å². The number of hydrogen-bond acceptors (Lipinski definition) is 6. The average Bonchev–Trinajstić information content (AvgIpc) is 2.92. The Hall–Kier alpha value is -2.54. The number of carboxylic acids is 1. The minimum Gasteiger partial charge on any atom is -0.497 e. The summed E-state index contributed by atoms with van der Waals surface area (Å²) >= 11 is 0. The Morgan fingerprint density at radius 1 is 1.21 bits per heavy atom. The third kappa shape index (κ3) is 3.21. The summed E-state index contributed by atoms with van der Waals surface area (Å²) in [5, 5.41) is 13.8. The van der Waals surface area contributed by atoms with Gasteiger partial charge in [-0.15, -0.1) is 0 Å². The van der Waals surface area contributed by atoms with Crippen molar-refractivity contribution in [3.05, 3.63) is 29.8 Å². The number of methoxy groups -OCH3 is 1. The second-order valence-electron chi connectivity index (χ2n) is 5.89. The summed E-state index contributed by atoms with van der Waals surface area (Å²) in [7, 11) is 3.65. The molecular formula is C17H21N3O4. The average molecular weight is 331 g/mol. The maximum absolute atomic E-state index is 11.8. The van der Waals surface area contributed by atoms with Crippen molar-refractivity contribution in [2.75, 3.05) is 45.2 Å². The van der Waals surface area contributed by atoms with Gasteiger partial charge in [-0.3, -0.25) is 0 Å². The molecule has 0 bridgehead atoms. The van der Waals surface area contributed by atoms with E-state index in [1.54, 1.807) is 31.4 Å². The van der Waals surface area contributed by atoms with Gasteiger partial charge in [-0.1, -0.05) is 5.16 Å². The molecule has 0 amide bonds. The van der Waals surface area contributed by atoms with Gasteiger partial charge in [-0.25, -0.2) is 4.79 Å². The summed E-state index contributed by atoms with van der Waals surface area (Å²) in [6.45, 7) is 3.34. The van der Waals surface area contributed by atoms with E-state index in [2.05, 4.69) is 17.1 Å². The van der Waals surface area contributed by atoms with Crippen molar-refractivity contribution in [1.82, 2.24) is 10.1 Å². The second kappa shape index (κ2) is 6.92. The molecule has 0 saturated carbocycles. The van der Waals surface area contributed by atoms with E-state index in [-0.39, 0.29) is 11.3 Å². The van der Waals surface area contributed by atoms with Crippen LogP contribution in [0.5, 0.6) is 5.75 Å². The number of carboxylic acid groups (broad SMARTS) is 1. The molecule has 7 nitrogen and oxygen atoms in total. The Balaban J connectivity index is 1.96. The summed E-state index contributed by atoms with van der Waals surface area (Å²) in [5.41, 5.74) is 0.781. The Bertz CT molecular complexity index is 711. The highest BCUT2D eigenvalue weighted by Gasteiger charge is 2.28. The van der Waals surface area contributed by atoms with Crippen LogP contribution in [0.3, 0.4) is 0 Å². The number of ether oxygens (including phenoxy) is 1. The molecule has 0 aliphatic carbocycles. The van der Waals surface area contributed by atoms with Crippen molar-refractivity contribution in [2.45, 2.75) is 6.42 Å². The van der Waals surface area contributed by atoms with Crippen LogP contribution in [0.1, 0.15) is 16.8 Å². The molecule has 0 unspecified atom stereocenters. The number of aromatic nitrogens is 1. The van der Waals surface area contributed by atoms with Gasteiger partial charge in [0.1, 0.15) is 5.75 Å². The Morgan fingerprint density at radius 2 is 1.96 bits per heavy atom. The molecule has 0 atom stereocenters. The summed E-state index contributed by atoms with van der Waals surface area (Å²) < 4.78 is 10.5. The fourth-order valence-electron chi connectivity index (χ4n) is 2.89. The Morgan fingerprint density at radius 3 is 2.62 bits per heavy atom. The summed E-state index contributed by atoms with van der Waals surface area (Å²) in [6.07, 6.45) is 0.959. The lowest BCUT2D eigenvalue weighted by Gasteiger charge is -2.19. The monoisotopic (exact) mass is 331 g/mol. The maximum Gasteiger partial charge on any atom is 0.343 e. The number of anilines is 1. The standard InChI is InChI=1S/C17H21N3O4/c1-19-8-3-9-20(11-10-19)16-14(17(21)22)15(24-18-16)12-4-6-13(23-2)7-5-12/h4-7H,3,8-11H2,1-2H3,(H,21,22). The van der Waals surface area contributed by atoms with E-state index < -0.39 is 5.97 Å². The molecule has 7 heteroatoms. The molecule has 1 fully saturated rings. The highest BCUT2D eigenvalue weighted by atomic mass is 16.5. The number of rotatable bonds is 4. The largest absolute Gasteiger partial charge is 0.497 e. The van der Waals surface area contributed by atoms with Crippen molar-refractivity contribution in [1.29, 1.82) is 0 Å². The SMILES string of the molecule is COc1ccc(-c2onc(N3CCCN(C)CC3)c2C(=O)O)cc1. The van der Waals surface area contributed by atoms with Crippen LogP contribution in [0.15, 0.2) is 28.8 Å². The first-order valence-electron chi connectivity index (χ1n) is 7.91. The van der Waals surface area contributed by atoms with Crippen LogP contribution in [-0.2, 0) is 0 Å². The van der Waals surface area contributed by atoms with E-state index in [1.165, 1.54) is 0 Å². The third-order valence-corrected chi connectivity index (χ3v) is 4.26. The number of carbonyl (C=O) groups is 1. The minimum atomic E-state index is -1.03. The molecule has 1 aliphatic rings. The molecule has 128 valence electrons. The molecule has 24 heavy (non-hydrogen) atoms. The molecular weight excluding hydrogens is 310 g/mol. The zero-order chi connectivity index (χ0) is 17.1. The predicted molar refractivity (Wildman–Crippen MR) is 89.8 cm³/mol. The van der Waals surface area contributed by atoms with Gasteiger partial charge in [0.2, 0.25) is 0 Å². The van der Waals surface area contributed by atoms with Crippen molar-refractivity contribution < 1.29 is 19.2 Å². The molecule has 3 rings (SSSR count). The van der Waals surface area contributed by atoms with Gasteiger partial charge in [0.15, 0.2) is 17.1 Å². The Kier molecular flexibility index (Phi) is 4.71. The maximum atomic E-state index is 11.8. The van der Waals surface area contributed by atoms with Crippen LogP contribution in [0.4, 0.5) is 5.82 Å². The lowest BCUT2D eigenvalue weighted by Crippen LogP contribution is -2.30. The predicted octanol–water partition coefficient (Wildman–Crippen LogP) is 2.19. The van der Waals surface area contributed by atoms with Crippen molar-refractivity contribution >= 4 is 11.8 Å². The van der Waals surface area contributed by atoms with Crippen molar-refractivity contribution in [3.63, 3.8) is 0 Å². The van der Waals surface area contributed by atoms with Gasteiger partial charge < -0.3 is 24.2 Å². The Labute approximate surface area is 140 Å². The van der Waals surface area contributed by atoms with Gasteiger partial charge >= 0.3 is 5.97 Å². The molecule has 1 aromatic heterocycles. The summed E-state index contributed by atoms with van der Waals surface area (Å²) in [4.78, 5) is 16.0. The first-order valence-corrected chi connectivity index (χ1v) is 7.91. The topological polar surface area (TPSA) is 79.0 Å². The molecule has 1 aromatic carbocycles. The molecule has 1 N–H and O–H groups in total. The van der Waals surface area contributed by atoms with E-state index in [9.17, 15) is 9.90 Å². The van der Waals surface area contributed by atoms with Crippen LogP contribution in [0, 0.1) is 0 Å². The van der Waals surface area contributed by atoms with E-state index in [1.807, 2.05) is 4.90 Å². The zero-order valence-electron chi connectivity index (χ0n) is 13.9. The molecule has 0 radical (unpaired) electrons. The first-order chi connectivity index (χ1) is 11.6. The third-order valence-electron chi connectivity index (χ3n) is 4.26. The fourth-order valence-corrected chi connectivity index (χ4v) is 2.89. The first kappa shape index (κ1) is 16.3. The van der Waals surface area contributed by atoms with Crippen LogP contribution in [0.25, 0.3) is 11.3 Å². The number of nitrogens with zero attached hydrogens (tertiary/aromatic N) is 3. The fraction of sp³-hybridized carbons (Fsp3) is 0.412. The van der Waals surface area contributed by atoms with E-state index >= 15 is 0 Å². The smallest absolute Gasteiger partial charge is 0.343 e. The summed E-state index contributed by atoms with van der Waals surface area (Å²) in [5.74, 6) is 0.349. The number of aromatic carboxylic acids is 1. The highest BCUT2D eigenvalue weighted by Crippen LogP contribution is 2.32. The van der Waals surface area contributed by atoms with Crippen LogP contribution in [0.2, 0.25) is 0 Å². The normalized spacial score (nSPS) is 16.0. The molecule has 1 saturated heterocycles. The lowest BCUT2D eigenvalue weighted by molar-refractivity contribution is 0.0698. The van der Waals surface area contributed by atoms with Gasteiger partial charge in [-0.05, 0) is 44.3 Å². The molecule has 0 spiro atoms. The van der Waals surface area contributed by atoms with Crippen LogP contribution in [-0.4, -0.2) is 61.5 Å². The zero-order valence-corrected chi connectivity index (χ0v) is 13.9. The van der Waals surface area contributed by atoms with Gasteiger partial charge in [0, 0.05) is 25.2 Å². The van der Waals surface area contributed by atoms with Crippen molar-refractivity contribution in [3.8, 4) is 17.1 Å². The lowest BCUT2D eigenvalue weighted by atomic mass is 10.1. The second-order valence-corrected chi connectivity index (χ2v) is 5.89. The molecule has 1 aliphatic heterocycles. The van der Waals surface area contributed by atoms with Gasteiger partial charge in [0.05, 0.1) is 7.11 Å². The van der Waals surface area contributed by atoms with Crippen molar-refractivity contribution in [2.24, 2.45) is 0 Å². The van der Waals surface area contributed by atoms with Gasteiger partial charge in [0.25, 0.3) is 0 Å². The van der Waals surface area contributed by atoms with Gasteiger partial charge in [-0.2, -0.15) is 0 Å². The molecule has 2 aromatic rings. The molecule has 2 heterocycles. The highest BCUT2D eigenvalue weighted by molar-refractivity contribution is 5.99. The van der Waals surface area contributed by atoms with Crippen LogP contribution >= 0.6 is 0 Å². The minimum absolute atomic E-state index is 0.115. The van der Waals surface area contributed by atoms with E-state index in [4.69, 9.17) is 9.26 Å². The quantitative estimate of drug-likeness (QED) is 0.920. The number of likely N-dealkylation sites (N-methyl/N-ethyl adjacent to an activating group) is 1. The number of hydrogen-bond donors (Lipinski definition) is 1. The van der Waals surface area contributed by atoms with E-state index in [0.717, 1.165) is 32.6 Å².